The molecule has 1 atom stereocenters. The quantitative estimate of drug-likeness (QED) is 0.851. The van der Waals surface area contributed by atoms with Crippen molar-refractivity contribution in [3.8, 4) is 0 Å². The predicted molar refractivity (Wildman–Crippen MR) is 95.5 cm³/mol. The van der Waals surface area contributed by atoms with Crippen LogP contribution in [0.2, 0.25) is 0 Å². The summed E-state index contributed by atoms with van der Waals surface area (Å²) in [5, 5.41) is 0. The summed E-state index contributed by atoms with van der Waals surface area (Å²) < 4.78 is 11.8. The second-order valence-electron chi connectivity index (χ2n) is 7.39. The van der Waals surface area contributed by atoms with Crippen molar-refractivity contribution in [3.63, 3.8) is 0 Å². The van der Waals surface area contributed by atoms with Gasteiger partial charge in [-0.05, 0) is 50.9 Å². The molecule has 4 heterocycles. The molecule has 0 N–H and O–H groups in total. The number of likely N-dealkylation sites (N-methyl/N-ethyl adjacent to an activating group) is 1. The van der Waals surface area contributed by atoms with E-state index in [4.69, 9.17) is 9.15 Å². The Morgan fingerprint density at radius 3 is 2.72 bits per heavy atom. The fraction of sp³-hybridized carbons (Fsp3) is 0.579. The SMILES string of the molecule is Cc1cnc(N2CCC3(CC2)CC(N(C)Cc2ccco2)CO3)nc1. The standard InChI is InChI=1S/C19H26N4O2/c1-15-11-20-18(21-12-15)23-7-5-19(6-8-23)10-16(14-25-19)22(2)13-17-4-3-9-24-17/h3-4,9,11-12,16H,5-8,10,13-14H2,1-2H3. The summed E-state index contributed by atoms with van der Waals surface area (Å²) in [6.07, 6.45) is 8.67. The van der Waals surface area contributed by atoms with Gasteiger partial charge in [0.15, 0.2) is 0 Å². The van der Waals surface area contributed by atoms with Gasteiger partial charge in [0.1, 0.15) is 5.76 Å². The first-order valence-corrected chi connectivity index (χ1v) is 9.04. The third kappa shape index (κ3) is 3.55. The molecule has 6 heteroatoms. The number of aryl methyl sites for hydroxylation is 1. The summed E-state index contributed by atoms with van der Waals surface area (Å²) in [5.74, 6) is 1.85. The number of nitrogens with zero attached hydrogens (tertiary/aromatic N) is 4. The van der Waals surface area contributed by atoms with Gasteiger partial charge in [-0.3, -0.25) is 4.90 Å². The maximum absolute atomic E-state index is 6.30. The Balaban J connectivity index is 1.33. The first-order chi connectivity index (χ1) is 12.1. The second kappa shape index (κ2) is 6.77. The summed E-state index contributed by atoms with van der Waals surface area (Å²) in [5.41, 5.74) is 1.11. The number of furan rings is 1. The molecule has 2 saturated heterocycles. The van der Waals surface area contributed by atoms with E-state index in [1.165, 1.54) is 0 Å². The summed E-state index contributed by atoms with van der Waals surface area (Å²) in [4.78, 5) is 13.5. The van der Waals surface area contributed by atoms with Gasteiger partial charge in [0, 0.05) is 31.5 Å². The van der Waals surface area contributed by atoms with Crippen LogP contribution in [-0.2, 0) is 11.3 Å². The number of anilines is 1. The van der Waals surface area contributed by atoms with Crippen LogP contribution in [0.15, 0.2) is 35.2 Å². The van der Waals surface area contributed by atoms with Crippen molar-refractivity contribution < 1.29 is 9.15 Å². The molecule has 2 aliphatic heterocycles. The zero-order valence-electron chi connectivity index (χ0n) is 15.0. The molecule has 25 heavy (non-hydrogen) atoms. The summed E-state index contributed by atoms with van der Waals surface area (Å²) in [7, 11) is 2.16. The number of rotatable bonds is 4. The minimum atomic E-state index is 0.0172. The van der Waals surface area contributed by atoms with Crippen LogP contribution in [0, 0.1) is 6.92 Å². The van der Waals surface area contributed by atoms with Gasteiger partial charge in [-0.2, -0.15) is 0 Å². The molecular formula is C19H26N4O2. The van der Waals surface area contributed by atoms with Crippen LogP contribution in [0.4, 0.5) is 5.95 Å². The highest BCUT2D eigenvalue weighted by molar-refractivity contribution is 5.31. The van der Waals surface area contributed by atoms with Crippen molar-refractivity contribution in [1.29, 1.82) is 0 Å². The van der Waals surface area contributed by atoms with Crippen LogP contribution in [0.5, 0.6) is 0 Å². The van der Waals surface area contributed by atoms with E-state index >= 15 is 0 Å². The first-order valence-electron chi connectivity index (χ1n) is 9.04. The Kier molecular flexibility index (Phi) is 4.48. The van der Waals surface area contributed by atoms with Crippen LogP contribution in [0.25, 0.3) is 0 Å². The molecule has 0 saturated carbocycles. The first kappa shape index (κ1) is 16.5. The highest BCUT2D eigenvalue weighted by Gasteiger charge is 2.44. The lowest BCUT2D eigenvalue weighted by molar-refractivity contribution is -0.0159. The monoisotopic (exact) mass is 342 g/mol. The Morgan fingerprint density at radius 2 is 2.04 bits per heavy atom. The van der Waals surface area contributed by atoms with Gasteiger partial charge in [0.25, 0.3) is 0 Å². The Morgan fingerprint density at radius 1 is 1.28 bits per heavy atom. The van der Waals surface area contributed by atoms with Gasteiger partial charge in [0.05, 0.1) is 25.0 Å². The fourth-order valence-corrected chi connectivity index (χ4v) is 3.89. The van der Waals surface area contributed by atoms with Gasteiger partial charge in [0.2, 0.25) is 5.95 Å². The number of ether oxygens (including phenoxy) is 1. The van der Waals surface area contributed by atoms with E-state index in [2.05, 4.69) is 26.8 Å². The van der Waals surface area contributed by atoms with Crippen molar-refractivity contribution in [2.45, 2.75) is 44.4 Å². The van der Waals surface area contributed by atoms with E-state index in [0.29, 0.717) is 6.04 Å². The molecule has 2 fully saturated rings. The van der Waals surface area contributed by atoms with Crippen LogP contribution in [0.3, 0.4) is 0 Å². The lowest BCUT2D eigenvalue weighted by Crippen LogP contribution is -2.45. The normalized spacial score (nSPS) is 22.8. The predicted octanol–water partition coefficient (Wildman–Crippen LogP) is 2.64. The minimum Gasteiger partial charge on any atom is -0.468 e. The Bertz CT molecular complexity index is 678. The topological polar surface area (TPSA) is 54.6 Å². The van der Waals surface area contributed by atoms with Crippen LogP contribution >= 0.6 is 0 Å². The molecule has 6 nitrogen and oxygen atoms in total. The number of hydrogen-bond donors (Lipinski definition) is 0. The van der Waals surface area contributed by atoms with E-state index < -0.39 is 0 Å². The molecule has 2 aliphatic rings. The van der Waals surface area contributed by atoms with Crippen LogP contribution < -0.4 is 4.90 Å². The van der Waals surface area contributed by atoms with Gasteiger partial charge in [-0.1, -0.05) is 0 Å². The van der Waals surface area contributed by atoms with Crippen LogP contribution in [0.1, 0.15) is 30.6 Å². The van der Waals surface area contributed by atoms with Crippen molar-refractivity contribution in [3.05, 3.63) is 42.1 Å². The third-order valence-electron chi connectivity index (χ3n) is 5.52. The fourth-order valence-electron chi connectivity index (χ4n) is 3.89. The Hall–Kier alpha value is -1.92. The number of aromatic nitrogens is 2. The van der Waals surface area contributed by atoms with Crippen molar-refractivity contribution >= 4 is 5.95 Å². The molecule has 4 rings (SSSR count). The zero-order chi connectivity index (χ0) is 17.3. The molecule has 1 unspecified atom stereocenters. The number of piperidine rings is 1. The van der Waals surface area contributed by atoms with Crippen molar-refractivity contribution in [1.82, 2.24) is 14.9 Å². The molecule has 0 radical (unpaired) electrons. The maximum atomic E-state index is 6.30. The van der Waals surface area contributed by atoms with E-state index in [1.54, 1.807) is 6.26 Å². The Labute approximate surface area is 148 Å². The third-order valence-corrected chi connectivity index (χ3v) is 5.52. The second-order valence-corrected chi connectivity index (χ2v) is 7.39. The number of hydrogen-bond acceptors (Lipinski definition) is 6. The smallest absolute Gasteiger partial charge is 0.225 e. The molecular weight excluding hydrogens is 316 g/mol. The molecule has 0 aliphatic carbocycles. The highest BCUT2D eigenvalue weighted by atomic mass is 16.5. The molecule has 2 aromatic heterocycles. The molecule has 0 amide bonds. The summed E-state index contributed by atoms with van der Waals surface area (Å²) in [6, 6.07) is 4.42. The van der Waals surface area contributed by atoms with Gasteiger partial charge >= 0.3 is 0 Å². The lowest BCUT2D eigenvalue weighted by Gasteiger charge is -2.38. The summed E-state index contributed by atoms with van der Waals surface area (Å²) >= 11 is 0. The molecule has 0 bridgehead atoms. The van der Waals surface area contributed by atoms with Crippen molar-refractivity contribution in [2.75, 3.05) is 31.6 Å². The van der Waals surface area contributed by atoms with E-state index in [9.17, 15) is 0 Å². The average molecular weight is 342 g/mol. The van der Waals surface area contributed by atoms with Gasteiger partial charge in [-0.15, -0.1) is 0 Å². The van der Waals surface area contributed by atoms with Gasteiger partial charge < -0.3 is 14.1 Å². The largest absolute Gasteiger partial charge is 0.468 e. The molecule has 2 aromatic rings. The molecule has 134 valence electrons. The minimum absolute atomic E-state index is 0.0172. The van der Waals surface area contributed by atoms with E-state index in [1.807, 2.05) is 31.5 Å². The zero-order valence-corrected chi connectivity index (χ0v) is 15.0. The maximum Gasteiger partial charge on any atom is 0.225 e. The van der Waals surface area contributed by atoms with E-state index in [0.717, 1.165) is 62.8 Å². The molecule has 0 aromatic carbocycles. The average Bonchev–Trinajstić information content (AvgIpc) is 3.27. The van der Waals surface area contributed by atoms with E-state index in [-0.39, 0.29) is 5.60 Å². The van der Waals surface area contributed by atoms with Crippen LogP contribution in [-0.4, -0.2) is 53.3 Å². The highest BCUT2D eigenvalue weighted by Crippen LogP contribution is 2.38. The summed E-state index contributed by atoms with van der Waals surface area (Å²) in [6.45, 7) is 5.56. The van der Waals surface area contributed by atoms with Gasteiger partial charge in [-0.25, -0.2) is 9.97 Å². The molecule has 1 spiro atoms. The van der Waals surface area contributed by atoms with Crippen molar-refractivity contribution in [2.24, 2.45) is 0 Å². The lowest BCUT2D eigenvalue weighted by atomic mass is 9.87.